The van der Waals surface area contributed by atoms with Gasteiger partial charge in [-0.15, -0.1) is 0 Å². The average molecular weight is 277 g/mol. The predicted octanol–water partition coefficient (Wildman–Crippen LogP) is 2.34. The number of methoxy groups -OCH3 is 1. The molecule has 6 heteroatoms. The van der Waals surface area contributed by atoms with Gasteiger partial charge in [-0.3, -0.25) is 4.79 Å². The van der Waals surface area contributed by atoms with Crippen LogP contribution in [0.25, 0.3) is 0 Å². The van der Waals surface area contributed by atoms with Gasteiger partial charge in [0, 0.05) is 19.3 Å². The number of rotatable bonds is 4. The first kappa shape index (κ1) is 14.1. The molecule has 4 nitrogen and oxygen atoms in total. The van der Waals surface area contributed by atoms with Crippen LogP contribution in [-0.2, 0) is 4.74 Å². The lowest BCUT2D eigenvalue weighted by molar-refractivity contribution is 0.0870. The zero-order chi connectivity index (χ0) is 13.0. The number of nitrogens with one attached hydrogen (secondary N) is 1. The number of carbonyl (C=O) groups excluding carboxylic acids is 1. The minimum Gasteiger partial charge on any atom is -0.399 e. The van der Waals surface area contributed by atoms with Crippen LogP contribution in [-0.4, -0.2) is 25.7 Å². The lowest BCUT2D eigenvalue weighted by Gasteiger charge is -2.12. The quantitative estimate of drug-likeness (QED) is 0.830. The van der Waals surface area contributed by atoms with Gasteiger partial charge in [-0.05, 0) is 19.1 Å². The van der Waals surface area contributed by atoms with Crippen LogP contribution < -0.4 is 11.1 Å². The molecule has 1 rings (SSSR count). The van der Waals surface area contributed by atoms with E-state index in [-0.39, 0.29) is 27.6 Å². The van der Waals surface area contributed by atoms with E-state index in [0.717, 1.165) is 0 Å². The predicted molar refractivity (Wildman–Crippen MR) is 69.7 cm³/mol. The molecule has 17 heavy (non-hydrogen) atoms. The average Bonchev–Trinajstić information content (AvgIpc) is 2.30. The number of hydrogen-bond donors (Lipinski definition) is 2. The van der Waals surface area contributed by atoms with Crippen LogP contribution >= 0.6 is 23.2 Å². The van der Waals surface area contributed by atoms with Gasteiger partial charge in [0.25, 0.3) is 5.91 Å². The highest BCUT2D eigenvalue weighted by atomic mass is 35.5. The summed E-state index contributed by atoms with van der Waals surface area (Å²) in [5, 5.41) is 3.14. The Kier molecular flexibility index (Phi) is 5.05. The summed E-state index contributed by atoms with van der Waals surface area (Å²) in [5.74, 6) is -0.326. The number of nitrogens with two attached hydrogens (primary N) is 1. The molecule has 1 aromatic rings. The normalized spacial score (nSPS) is 12.2. The Balaban J connectivity index is 2.82. The second kappa shape index (κ2) is 6.10. The maximum atomic E-state index is 11.8. The Bertz CT molecular complexity index is 424. The van der Waals surface area contributed by atoms with Crippen molar-refractivity contribution in [2.45, 2.75) is 13.0 Å². The molecule has 3 N–H and O–H groups in total. The lowest BCUT2D eigenvalue weighted by atomic mass is 10.2. The number of ether oxygens (including phenoxy) is 1. The zero-order valence-electron chi connectivity index (χ0n) is 9.59. The number of halogens is 2. The number of hydrogen-bond acceptors (Lipinski definition) is 3. The summed E-state index contributed by atoms with van der Waals surface area (Å²) in [6.07, 6.45) is -0.0748. The van der Waals surface area contributed by atoms with Crippen molar-refractivity contribution in [2.24, 2.45) is 0 Å². The summed E-state index contributed by atoms with van der Waals surface area (Å²) in [4.78, 5) is 11.8. The van der Waals surface area contributed by atoms with Crippen LogP contribution in [0.5, 0.6) is 0 Å². The fraction of sp³-hybridized carbons (Fsp3) is 0.364. The van der Waals surface area contributed by atoms with Crippen molar-refractivity contribution in [1.82, 2.24) is 5.32 Å². The molecular weight excluding hydrogens is 263 g/mol. The summed E-state index contributed by atoms with van der Waals surface area (Å²) in [6, 6.07) is 2.99. The molecule has 0 bridgehead atoms. The number of carbonyl (C=O) groups is 1. The first-order chi connectivity index (χ1) is 7.95. The fourth-order valence-electron chi connectivity index (χ4n) is 1.19. The van der Waals surface area contributed by atoms with E-state index in [0.29, 0.717) is 12.2 Å². The Morgan fingerprint density at radius 3 is 2.76 bits per heavy atom. The molecule has 0 aliphatic rings. The molecule has 0 saturated heterocycles. The van der Waals surface area contributed by atoms with Crippen LogP contribution in [0.15, 0.2) is 12.1 Å². The summed E-state index contributed by atoms with van der Waals surface area (Å²) < 4.78 is 5.02. The molecule has 0 heterocycles. The maximum absolute atomic E-state index is 11.8. The molecule has 0 spiro atoms. The van der Waals surface area contributed by atoms with Crippen LogP contribution in [0.2, 0.25) is 10.0 Å². The van der Waals surface area contributed by atoms with Crippen molar-refractivity contribution in [3.63, 3.8) is 0 Å². The van der Waals surface area contributed by atoms with Crippen molar-refractivity contribution in [3.8, 4) is 0 Å². The van der Waals surface area contributed by atoms with Gasteiger partial charge in [-0.1, -0.05) is 23.2 Å². The minimum absolute atomic E-state index is 0.0748. The third kappa shape index (κ3) is 3.77. The molecule has 0 saturated carbocycles. The lowest BCUT2D eigenvalue weighted by Crippen LogP contribution is -2.31. The van der Waals surface area contributed by atoms with Crippen molar-refractivity contribution in [1.29, 1.82) is 0 Å². The first-order valence-corrected chi connectivity index (χ1v) is 5.76. The van der Waals surface area contributed by atoms with Crippen LogP contribution in [0.1, 0.15) is 17.3 Å². The van der Waals surface area contributed by atoms with Gasteiger partial charge in [0.2, 0.25) is 0 Å². The fourth-order valence-corrected chi connectivity index (χ4v) is 1.61. The van der Waals surface area contributed by atoms with E-state index in [2.05, 4.69) is 5.32 Å². The molecule has 0 aromatic heterocycles. The van der Waals surface area contributed by atoms with E-state index in [9.17, 15) is 4.79 Å². The van der Waals surface area contributed by atoms with E-state index in [1.54, 1.807) is 7.11 Å². The van der Waals surface area contributed by atoms with E-state index in [1.165, 1.54) is 12.1 Å². The summed E-state index contributed by atoms with van der Waals surface area (Å²) in [5.41, 5.74) is 6.26. The molecule has 1 amide bonds. The highest BCUT2D eigenvalue weighted by Crippen LogP contribution is 2.28. The third-order valence-corrected chi connectivity index (χ3v) is 3.05. The van der Waals surface area contributed by atoms with Gasteiger partial charge < -0.3 is 15.8 Å². The Morgan fingerprint density at radius 2 is 2.18 bits per heavy atom. The molecule has 1 unspecified atom stereocenters. The highest BCUT2D eigenvalue weighted by Gasteiger charge is 2.14. The van der Waals surface area contributed by atoms with E-state index in [1.807, 2.05) is 6.92 Å². The number of nitrogen functional groups attached to an aromatic ring is 1. The van der Waals surface area contributed by atoms with Gasteiger partial charge in [0.05, 0.1) is 21.7 Å². The first-order valence-electron chi connectivity index (χ1n) is 5.01. The minimum atomic E-state index is -0.326. The monoisotopic (exact) mass is 276 g/mol. The second-order valence-electron chi connectivity index (χ2n) is 3.62. The van der Waals surface area contributed by atoms with Crippen molar-refractivity contribution in [3.05, 3.63) is 27.7 Å². The van der Waals surface area contributed by atoms with Gasteiger partial charge in [0.1, 0.15) is 0 Å². The van der Waals surface area contributed by atoms with Crippen LogP contribution in [0.4, 0.5) is 5.69 Å². The van der Waals surface area contributed by atoms with Crippen molar-refractivity contribution in [2.75, 3.05) is 19.4 Å². The largest absolute Gasteiger partial charge is 0.399 e. The molecule has 1 atom stereocenters. The Morgan fingerprint density at radius 1 is 1.53 bits per heavy atom. The second-order valence-corrected chi connectivity index (χ2v) is 4.41. The summed E-state index contributed by atoms with van der Waals surface area (Å²) >= 11 is 11.8. The van der Waals surface area contributed by atoms with E-state index in [4.69, 9.17) is 33.7 Å². The number of benzene rings is 1. The Hall–Kier alpha value is -0.970. The highest BCUT2D eigenvalue weighted by molar-refractivity contribution is 6.44. The molecule has 0 fully saturated rings. The maximum Gasteiger partial charge on any atom is 0.253 e. The molecule has 0 aliphatic heterocycles. The van der Waals surface area contributed by atoms with Crippen LogP contribution in [0, 0.1) is 0 Å². The van der Waals surface area contributed by atoms with Gasteiger partial charge in [-0.2, -0.15) is 0 Å². The topological polar surface area (TPSA) is 64.3 Å². The molecule has 1 aromatic carbocycles. The van der Waals surface area contributed by atoms with Gasteiger partial charge >= 0.3 is 0 Å². The molecule has 0 aliphatic carbocycles. The molecule has 94 valence electrons. The van der Waals surface area contributed by atoms with Crippen LogP contribution in [0.3, 0.4) is 0 Å². The third-order valence-electron chi connectivity index (χ3n) is 2.25. The number of anilines is 1. The molecular formula is C11H14Cl2N2O2. The van der Waals surface area contributed by atoms with E-state index >= 15 is 0 Å². The zero-order valence-corrected chi connectivity index (χ0v) is 11.1. The number of amides is 1. The van der Waals surface area contributed by atoms with Crippen molar-refractivity contribution < 1.29 is 9.53 Å². The van der Waals surface area contributed by atoms with E-state index < -0.39 is 0 Å². The van der Waals surface area contributed by atoms with Crippen molar-refractivity contribution >= 4 is 34.8 Å². The SMILES string of the molecule is COC(C)CNC(=O)c1cc(N)cc(Cl)c1Cl. The molecule has 0 radical (unpaired) electrons. The standard InChI is InChI=1S/C11H14Cl2N2O2/c1-6(17-2)5-15-11(16)8-3-7(14)4-9(12)10(8)13/h3-4,6H,5,14H2,1-2H3,(H,15,16). The summed E-state index contributed by atoms with van der Waals surface area (Å²) in [6.45, 7) is 2.23. The smallest absolute Gasteiger partial charge is 0.253 e. The summed E-state index contributed by atoms with van der Waals surface area (Å²) in [7, 11) is 1.57. The Labute approximate surface area is 110 Å². The van der Waals surface area contributed by atoms with Gasteiger partial charge in [0.15, 0.2) is 0 Å². The van der Waals surface area contributed by atoms with Gasteiger partial charge in [-0.25, -0.2) is 0 Å².